The van der Waals surface area contributed by atoms with Crippen LogP contribution < -0.4 is 9.47 Å². The average Bonchev–Trinajstić information content (AvgIpc) is 3.34. The van der Waals surface area contributed by atoms with Gasteiger partial charge in [0.2, 0.25) is 0 Å². The summed E-state index contributed by atoms with van der Waals surface area (Å²) in [5.74, 6) is 0.229. The van der Waals surface area contributed by atoms with Gasteiger partial charge >= 0.3 is 0 Å². The number of rotatable bonds is 6. The molecule has 1 aliphatic rings. The van der Waals surface area contributed by atoms with Crippen LogP contribution in [0.4, 0.5) is 0 Å². The quantitative estimate of drug-likeness (QED) is 0.321. The highest BCUT2D eigenvalue weighted by atomic mass is 16.5. The Balaban J connectivity index is 1.92. The predicted octanol–water partition coefficient (Wildman–Crippen LogP) is 4.84. The van der Waals surface area contributed by atoms with E-state index in [0.29, 0.717) is 28.6 Å². The number of furan rings is 1. The summed E-state index contributed by atoms with van der Waals surface area (Å²) in [6.45, 7) is 5.62. The lowest BCUT2D eigenvalue weighted by atomic mass is 9.96. The van der Waals surface area contributed by atoms with Crippen LogP contribution >= 0.6 is 0 Å². The van der Waals surface area contributed by atoms with Gasteiger partial charge in [0.05, 0.1) is 31.9 Å². The molecule has 1 N–H and O–H groups in total. The summed E-state index contributed by atoms with van der Waals surface area (Å²) >= 11 is 0. The third kappa shape index (κ3) is 3.94. The van der Waals surface area contributed by atoms with Gasteiger partial charge in [-0.2, -0.15) is 0 Å². The van der Waals surface area contributed by atoms with E-state index < -0.39 is 17.7 Å². The second kappa shape index (κ2) is 9.09. The minimum atomic E-state index is -0.913. The fourth-order valence-corrected chi connectivity index (χ4v) is 4.50. The normalized spacial score (nSPS) is 17.3. The minimum Gasteiger partial charge on any atom is -0.507 e. The summed E-state index contributed by atoms with van der Waals surface area (Å²) < 4.78 is 16.8. The first-order chi connectivity index (χ1) is 16.3. The molecule has 1 atom stereocenters. The second-order valence-corrected chi connectivity index (χ2v) is 8.35. The molecule has 3 aromatic rings. The van der Waals surface area contributed by atoms with Crippen LogP contribution in [0.2, 0.25) is 0 Å². The summed E-state index contributed by atoms with van der Waals surface area (Å²) in [4.78, 5) is 28.0. The minimum absolute atomic E-state index is 0.0439. The molecule has 34 heavy (non-hydrogen) atoms. The Labute approximate surface area is 198 Å². The molecule has 1 saturated heterocycles. The van der Waals surface area contributed by atoms with E-state index in [1.165, 1.54) is 12.0 Å². The van der Waals surface area contributed by atoms with Crippen molar-refractivity contribution in [2.75, 3.05) is 14.2 Å². The molecule has 1 fully saturated rings. The van der Waals surface area contributed by atoms with Gasteiger partial charge in [0.25, 0.3) is 11.7 Å². The first kappa shape index (κ1) is 23.2. The molecule has 1 aromatic heterocycles. The number of aryl methyl sites for hydroxylation is 3. The van der Waals surface area contributed by atoms with Crippen molar-refractivity contribution >= 4 is 17.4 Å². The maximum absolute atomic E-state index is 13.3. The molecular formula is C27H27NO6. The highest BCUT2D eigenvalue weighted by molar-refractivity contribution is 6.46. The lowest BCUT2D eigenvalue weighted by Crippen LogP contribution is -2.29. The molecule has 0 bridgehead atoms. The number of Topliss-reactive ketones (excluding diaryl/α,β-unsaturated/α-hetero) is 1. The number of para-hydroxylation sites is 1. The molecule has 0 radical (unpaired) electrons. The Hall–Kier alpha value is -4.00. The van der Waals surface area contributed by atoms with Gasteiger partial charge in [-0.05, 0) is 56.2 Å². The van der Waals surface area contributed by atoms with Crippen molar-refractivity contribution in [1.29, 1.82) is 0 Å². The highest BCUT2D eigenvalue weighted by Crippen LogP contribution is 2.43. The first-order valence-electron chi connectivity index (χ1n) is 10.9. The van der Waals surface area contributed by atoms with Gasteiger partial charge in [-0.15, -0.1) is 0 Å². The van der Waals surface area contributed by atoms with Gasteiger partial charge in [0.1, 0.15) is 34.8 Å². The van der Waals surface area contributed by atoms with Crippen LogP contribution in [0.1, 0.15) is 39.8 Å². The van der Waals surface area contributed by atoms with Crippen molar-refractivity contribution in [2.24, 2.45) is 0 Å². The number of methoxy groups -OCH3 is 2. The van der Waals surface area contributed by atoms with E-state index in [1.807, 2.05) is 38.1 Å². The van der Waals surface area contributed by atoms with Gasteiger partial charge in [0, 0.05) is 5.56 Å². The maximum Gasteiger partial charge on any atom is 0.296 e. The Kier molecular flexibility index (Phi) is 6.20. The Morgan fingerprint density at radius 3 is 2.41 bits per heavy atom. The maximum atomic E-state index is 13.3. The van der Waals surface area contributed by atoms with Crippen LogP contribution in [0.3, 0.4) is 0 Å². The number of nitrogens with zero attached hydrogens (tertiary/aromatic N) is 1. The zero-order valence-corrected chi connectivity index (χ0v) is 19.8. The molecule has 7 heteroatoms. The van der Waals surface area contributed by atoms with Crippen LogP contribution in [-0.2, 0) is 16.1 Å². The van der Waals surface area contributed by atoms with E-state index in [4.69, 9.17) is 13.9 Å². The van der Waals surface area contributed by atoms with E-state index >= 15 is 0 Å². The second-order valence-electron chi connectivity index (χ2n) is 8.35. The number of aliphatic hydroxyl groups excluding tert-OH is 1. The Morgan fingerprint density at radius 1 is 1.03 bits per heavy atom. The summed E-state index contributed by atoms with van der Waals surface area (Å²) in [7, 11) is 3.05. The zero-order valence-electron chi connectivity index (χ0n) is 19.8. The number of likely N-dealkylation sites (tertiary alicyclic amines) is 1. The van der Waals surface area contributed by atoms with Crippen LogP contribution in [0.15, 0.2) is 58.5 Å². The number of aliphatic hydroxyl groups is 1. The Bertz CT molecular complexity index is 1300. The topological polar surface area (TPSA) is 89.2 Å². The molecule has 2 heterocycles. The van der Waals surface area contributed by atoms with Crippen molar-refractivity contribution in [1.82, 2.24) is 4.90 Å². The molecule has 1 unspecified atom stereocenters. The van der Waals surface area contributed by atoms with Gasteiger partial charge in [0.15, 0.2) is 0 Å². The van der Waals surface area contributed by atoms with E-state index in [2.05, 4.69) is 0 Å². The summed E-state index contributed by atoms with van der Waals surface area (Å²) in [6.07, 6.45) is 0. The van der Waals surface area contributed by atoms with Crippen molar-refractivity contribution in [3.05, 3.63) is 87.9 Å². The van der Waals surface area contributed by atoms with Crippen LogP contribution in [0.5, 0.6) is 11.5 Å². The van der Waals surface area contributed by atoms with Crippen molar-refractivity contribution < 1.29 is 28.6 Å². The highest BCUT2D eigenvalue weighted by Gasteiger charge is 2.48. The summed E-state index contributed by atoms with van der Waals surface area (Å²) in [5, 5.41) is 11.4. The molecule has 1 aliphatic heterocycles. The predicted molar refractivity (Wildman–Crippen MR) is 127 cm³/mol. The fourth-order valence-electron chi connectivity index (χ4n) is 4.50. The SMILES string of the molecule is COc1ccccc1CN1C(=O)C(=O)/C(=C(/O)c2cc(C)cc(C)c2OC)C1c1ccc(C)o1. The van der Waals surface area contributed by atoms with E-state index in [-0.39, 0.29) is 17.9 Å². The van der Waals surface area contributed by atoms with Crippen LogP contribution in [0.25, 0.3) is 5.76 Å². The van der Waals surface area contributed by atoms with E-state index in [0.717, 1.165) is 16.7 Å². The molecule has 2 aromatic carbocycles. The monoisotopic (exact) mass is 461 g/mol. The first-order valence-corrected chi connectivity index (χ1v) is 10.9. The third-order valence-corrected chi connectivity index (χ3v) is 5.98. The number of carbonyl (C=O) groups is 2. The van der Waals surface area contributed by atoms with E-state index in [9.17, 15) is 14.7 Å². The largest absolute Gasteiger partial charge is 0.507 e. The number of amides is 1. The molecule has 1 amide bonds. The van der Waals surface area contributed by atoms with Gasteiger partial charge in [-0.3, -0.25) is 9.59 Å². The van der Waals surface area contributed by atoms with Crippen molar-refractivity contribution in [3.63, 3.8) is 0 Å². The molecule has 176 valence electrons. The van der Waals surface area contributed by atoms with Crippen molar-refractivity contribution in [3.8, 4) is 11.5 Å². The van der Waals surface area contributed by atoms with Gasteiger partial charge in [-0.1, -0.05) is 24.3 Å². The zero-order chi connectivity index (χ0) is 24.6. The fraction of sp³-hybridized carbons (Fsp3) is 0.259. The molecule has 0 aliphatic carbocycles. The molecule has 0 spiro atoms. The van der Waals surface area contributed by atoms with Crippen molar-refractivity contribution in [2.45, 2.75) is 33.4 Å². The number of ether oxygens (including phenoxy) is 2. The Morgan fingerprint density at radius 2 is 1.76 bits per heavy atom. The lowest BCUT2D eigenvalue weighted by Gasteiger charge is -2.24. The molecule has 7 nitrogen and oxygen atoms in total. The molecule has 0 saturated carbocycles. The standard InChI is InChI=1S/C27H27NO6/c1-15-12-16(2)26(33-5)19(13-15)24(29)22-23(21-11-10-17(3)34-21)28(27(31)25(22)30)14-18-8-6-7-9-20(18)32-4/h6-13,23,29H,14H2,1-5H3/b24-22+. The number of ketones is 1. The summed E-state index contributed by atoms with van der Waals surface area (Å²) in [6, 6.07) is 13.5. The number of carbonyl (C=O) groups excluding carboxylic acids is 2. The molecule has 4 rings (SSSR count). The number of hydrogen-bond donors (Lipinski definition) is 1. The number of benzene rings is 2. The van der Waals surface area contributed by atoms with E-state index in [1.54, 1.807) is 38.3 Å². The number of hydrogen-bond acceptors (Lipinski definition) is 6. The summed E-state index contributed by atoms with van der Waals surface area (Å²) in [5.41, 5.74) is 2.72. The molecular weight excluding hydrogens is 434 g/mol. The smallest absolute Gasteiger partial charge is 0.296 e. The third-order valence-electron chi connectivity index (χ3n) is 5.98. The average molecular weight is 462 g/mol. The van der Waals surface area contributed by atoms with Gasteiger partial charge < -0.3 is 23.9 Å². The lowest BCUT2D eigenvalue weighted by molar-refractivity contribution is -0.140. The van der Waals surface area contributed by atoms with Gasteiger partial charge in [-0.25, -0.2) is 0 Å². The van der Waals surface area contributed by atoms with Crippen LogP contribution in [0, 0.1) is 20.8 Å². The van der Waals surface area contributed by atoms with Crippen LogP contribution in [-0.4, -0.2) is 35.9 Å².